The zero-order chi connectivity index (χ0) is 16.4. The second-order valence-electron chi connectivity index (χ2n) is 5.42. The van der Waals surface area contributed by atoms with E-state index in [0.717, 1.165) is 28.8 Å². The Bertz CT molecular complexity index is 817. The summed E-state index contributed by atoms with van der Waals surface area (Å²) in [4.78, 5) is 28.4. The molecule has 0 N–H and O–H groups in total. The Morgan fingerprint density at radius 3 is 2.78 bits per heavy atom. The molecule has 0 radical (unpaired) electrons. The minimum atomic E-state index is -0.292. The smallest absolute Gasteiger partial charge is 0.307 e. The minimum absolute atomic E-state index is 0.0730. The molecule has 23 heavy (non-hydrogen) atoms. The summed E-state index contributed by atoms with van der Waals surface area (Å²) >= 11 is 1.44. The number of nitrogens with zero attached hydrogens (tertiary/aromatic N) is 2. The van der Waals surface area contributed by atoms with E-state index in [1.54, 1.807) is 7.11 Å². The van der Waals surface area contributed by atoms with Gasteiger partial charge in [0, 0.05) is 18.5 Å². The molecule has 0 saturated heterocycles. The van der Waals surface area contributed by atoms with Crippen LogP contribution in [0.5, 0.6) is 5.75 Å². The van der Waals surface area contributed by atoms with E-state index < -0.39 is 0 Å². The molecular weight excluding hydrogens is 316 g/mol. The van der Waals surface area contributed by atoms with Gasteiger partial charge in [0.25, 0.3) is 5.91 Å². The number of hydrogen-bond donors (Lipinski definition) is 0. The summed E-state index contributed by atoms with van der Waals surface area (Å²) in [5.41, 5.74) is 0.903. The lowest BCUT2D eigenvalue weighted by Crippen LogP contribution is -2.19. The molecule has 7 heteroatoms. The normalized spacial score (nSPS) is 15.0. The van der Waals surface area contributed by atoms with Crippen LogP contribution in [-0.4, -0.2) is 30.7 Å². The third-order valence-electron chi connectivity index (χ3n) is 3.79. The number of thiazole rings is 1. The fourth-order valence-electron chi connectivity index (χ4n) is 2.30. The Morgan fingerprint density at radius 2 is 2.13 bits per heavy atom. The summed E-state index contributed by atoms with van der Waals surface area (Å²) < 4.78 is 12.9. The third-order valence-corrected chi connectivity index (χ3v) is 4.85. The average molecular weight is 334 g/mol. The van der Waals surface area contributed by atoms with Gasteiger partial charge in [0.05, 0.1) is 30.9 Å². The average Bonchev–Trinajstić information content (AvgIpc) is 3.36. The summed E-state index contributed by atoms with van der Waals surface area (Å²) in [6, 6.07) is 5.70. The quantitative estimate of drug-likeness (QED) is 0.785. The van der Waals surface area contributed by atoms with E-state index in [2.05, 4.69) is 4.99 Å². The molecule has 0 bridgehead atoms. The molecule has 1 aromatic heterocycles. The van der Waals surface area contributed by atoms with E-state index in [1.165, 1.54) is 18.4 Å². The van der Waals surface area contributed by atoms with E-state index >= 15 is 0 Å². The van der Waals surface area contributed by atoms with Crippen LogP contribution >= 0.6 is 11.3 Å². The number of benzene rings is 1. The molecule has 1 aliphatic carbocycles. The van der Waals surface area contributed by atoms with Crippen molar-refractivity contribution in [2.24, 2.45) is 10.9 Å². The van der Waals surface area contributed by atoms with Gasteiger partial charge >= 0.3 is 5.97 Å². The fourth-order valence-corrected chi connectivity index (χ4v) is 3.34. The van der Waals surface area contributed by atoms with Crippen LogP contribution in [0.15, 0.2) is 23.2 Å². The zero-order valence-corrected chi connectivity index (χ0v) is 13.9. The van der Waals surface area contributed by atoms with Crippen molar-refractivity contribution in [1.82, 2.24) is 4.57 Å². The zero-order valence-electron chi connectivity index (χ0n) is 13.1. The summed E-state index contributed by atoms with van der Waals surface area (Å²) in [5, 5.41) is 0. The second kappa shape index (κ2) is 6.54. The first-order valence-corrected chi connectivity index (χ1v) is 8.27. The Morgan fingerprint density at radius 1 is 1.35 bits per heavy atom. The fraction of sp³-hybridized carbons (Fsp3) is 0.438. The lowest BCUT2D eigenvalue weighted by molar-refractivity contribution is -0.140. The number of ether oxygens (including phenoxy) is 2. The number of aromatic nitrogens is 1. The van der Waals surface area contributed by atoms with Crippen molar-refractivity contribution in [2.45, 2.75) is 25.8 Å². The lowest BCUT2D eigenvalue weighted by Gasteiger charge is -2.05. The molecule has 122 valence electrons. The van der Waals surface area contributed by atoms with Gasteiger partial charge in [-0.25, -0.2) is 0 Å². The predicted octanol–water partition coefficient (Wildman–Crippen LogP) is 2.11. The molecule has 1 amide bonds. The third kappa shape index (κ3) is 3.44. The van der Waals surface area contributed by atoms with Crippen LogP contribution < -0.4 is 9.54 Å². The molecule has 0 atom stereocenters. The van der Waals surface area contributed by atoms with E-state index in [9.17, 15) is 9.59 Å². The summed E-state index contributed by atoms with van der Waals surface area (Å²) in [6.07, 6.45) is 2.07. The number of methoxy groups -OCH3 is 2. The number of aryl methyl sites for hydroxylation is 1. The van der Waals surface area contributed by atoms with Crippen molar-refractivity contribution in [1.29, 1.82) is 0 Å². The first-order valence-electron chi connectivity index (χ1n) is 7.45. The Labute approximate surface area is 137 Å². The molecule has 0 spiro atoms. The predicted molar refractivity (Wildman–Crippen MR) is 86.3 cm³/mol. The molecule has 0 unspecified atom stereocenters. The van der Waals surface area contributed by atoms with Crippen molar-refractivity contribution in [3.05, 3.63) is 23.0 Å². The maximum Gasteiger partial charge on any atom is 0.307 e. The second-order valence-corrected chi connectivity index (χ2v) is 6.43. The highest BCUT2D eigenvalue weighted by atomic mass is 32.1. The van der Waals surface area contributed by atoms with Gasteiger partial charge in [-0.1, -0.05) is 11.3 Å². The molecule has 2 aromatic rings. The number of esters is 1. The van der Waals surface area contributed by atoms with Crippen LogP contribution in [0.2, 0.25) is 0 Å². The van der Waals surface area contributed by atoms with Crippen LogP contribution in [0.4, 0.5) is 0 Å². The van der Waals surface area contributed by atoms with Gasteiger partial charge in [-0.05, 0) is 25.0 Å². The molecular formula is C16H18N2O4S. The highest BCUT2D eigenvalue weighted by Gasteiger charge is 2.29. The first kappa shape index (κ1) is 15.7. The van der Waals surface area contributed by atoms with Crippen LogP contribution in [0.3, 0.4) is 0 Å². The van der Waals surface area contributed by atoms with Gasteiger partial charge in [0.15, 0.2) is 4.80 Å². The van der Waals surface area contributed by atoms with Gasteiger partial charge in [-0.2, -0.15) is 4.99 Å². The number of fused-ring (bicyclic) bond motifs is 1. The maximum absolute atomic E-state index is 12.0. The highest BCUT2D eigenvalue weighted by molar-refractivity contribution is 7.16. The van der Waals surface area contributed by atoms with Crippen molar-refractivity contribution >= 4 is 33.4 Å². The number of rotatable bonds is 5. The van der Waals surface area contributed by atoms with Crippen LogP contribution in [-0.2, 0) is 20.9 Å². The molecule has 0 aliphatic heterocycles. The molecule has 1 saturated carbocycles. The van der Waals surface area contributed by atoms with Crippen molar-refractivity contribution in [3.8, 4) is 5.75 Å². The Balaban J connectivity index is 2.05. The molecule has 1 aliphatic rings. The van der Waals surface area contributed by atoms with Gasteiger partial charge in [-0.15, -0.1) is 0 Å². The number of carbonyl (C=O) groups excluding carboxylic acids is 2. The van der Waals surface area contributed by atoms with Crippen LogP contribution in [0, 0.1) is 5.92 Å². The van der Waals surface area contributed by atoms with E-state index in [4.69, 9.17) is 9.47 Å². The number of amides is 1. The largest absolute Gasteiger partial charge is 0.497 e. The SMILES string of the molecule is COC(=O)CCn1c(=NC(=O)C2CC2)sc2ccc(OC)cc21. The van der Waals surface area contributed by atoms with Gasteiger partial charge < -0.3 is 14.0 Å². The standard InChI is InChI=1S/C16H18N2O4S/c1-21-11-5-6-13-12(9-11)18(8-7-14(19)22-2)16(23-13)17-15(20)10-3-4-10/h5-6,9-10H,3-4,7-8H2,1-2H3. The van der Waals surface area contributed by atoms with Crippen LogP contribution in [0.1, 0.15) is 19.3 Å². The molecule has 6 nitrogen and oxygen atoms in total. The summed E-state index contributed by atoms with van der Waals surface area (Å²) in [5.74, 6) is 0.431. The van der Waals surface area contributed by atoms with E-state index in [0.29, 0.717) is 11.3 Å². The highest BCUT2D eigenvalue weighted by Crippen LogP contribution is 2.30. The summed E-state index contributed by atoms with van der Waals surface area (Å²) in [7, 11) is 2.97. The van der Waals surface area contributed by atoms with E-state index in [-0.39, 0.29) is 24.2 Å². The lowest BCUT2D eigenvalue weighted by atomic mass is 10.3. The van der Waals surface area contributed by atoms with Gasteiger partial charge in [0.1, 0.15) is 5.75 Å². The Kier molecular flexibility index (Phi) is 4.47. The van der Waals surface area contributed by atoms with Gasteiger partial charge in [-0.3, -0.25) is 9.59 Å². The monoisotopic (exact) mass is 334 g/mol. The number of carbonyl (C=O) groups is 2. The molecule has 1 aromatic carbocycles. The van der Waals surface area contributed by atoms with Gasteiger partial charge in [0.2, 0.25) is 0 Å². The topological polar surface area (TPSA) is 69.9 Å². The molecule has 3 rings (SSSR count). The van der Waals surface area contributed by atoms with Crippen molar-refractivity contribution in [2.75, 3.05) is 14.2 Å². The number of hydrogen-bond acceptors (Lipinski definition) is 5. The van der Waals surface area contributed by atoms with E-state index in [1.807, 2.05) is 22.8 Å². The van der Waals surface area contributed by atoms with Crippen molar-refractivity contribution in [3.63, 3.8) is 0 Å². The molecule has 1 fully saturated rings. The minimum Gasteiger partial charge on any atom is -0.497 e. The van der Waals surface area contributed by atoms with Crippen LogP contribution in [0.25, 0.3) is 10.2 Å². The first-order chi connectivity index (χ1) is 11.1. The Hall–Kier alpha value is -2.15. The molecule has 1 heterocycles. The van der Waals surface area contributed by atoms with Crippen molar-refractivity contribution < 1.29 is 19.1 Å². The maximum atomic E-state index is 12.0. The summed E-state index contributed by atoms with van der Waals surface area (Å²) in [6.45, 7) is 0.413.